The molecule has 1 aliphatic heterocycles. The van der Waals surface area contributed by atoms with E-state index in [0.29, 0.717) is 19.6 Å². The molecule has 1 heterocycles. The van der Waals surface area contributed by atoms with Crippen LogP contribution in [0.1, 0.15) is 76.2 Å². The van der Waals surface area contributed by atoms with Crippen LogP contribution in [0.5, 0.6) is 0 Å². The highest BCUT2D eigenvalue weighted by Crippen LogP contribution is 2.32. The summed E-state index contributed by atoms with van der Waals surface area (Å²) >= 11 is 4.71. The Bertz CT molecular complexity index is 835. The van der Waals surface area contributed by atoms with E-state index in [2.05, 4.69) is 30.3 Å². The molecular weight excluding hydrogens is 445 g/mol. The van der Waals surface area contributed by atoms with Crippen molar-refractivity contribution in [3.8, 4) is 0 Å². The first-order valence-electron chi connectivity index (χ1n) is 12.0. The van der Waals surface area contributed by atoms with Crippen LogP contribution in [-0.2, 0) is 9.39 Å². The Hall–Kier alpha value is -1.67. The largest absolute Gasteiger partial charge is 0.444 e. The van der Waals surface area contributed by atoms with Gasteiger partial charge in [-0.25, -0.2) is 4.79 Å². The van der Waals surface area contributed by atoms with Crippen LogP contribution < -0.4 is 0 Å². The molecule has 0 aromatic carbocycles. The van der Waals surface area contributed by atoms with E-state index in [1.54, 1.807) is 13.7 Å². The number of rotatable bonds is 8. The first-order chi connectivity index (χ1) is 15.4. The van der Waals surface area contributed by atoms with Crippen LogP contribution in [-0.4, -0.2) is 70.7 Å². The van der Waals surface area contributed by atoms with Crippen molar-refractivity contribution in [3.63, 3.8) is 0 Å². The van der Waals surface area contributed by atoms with Crippen LogP contribution in [0.15, 0.2) is 40.6 Å². The molecule has 0 spiro atoms. The van der Waals surface area contributed by atoms with Crippen molar-refractivity contribution in [3.05, 3.63) is 35.6 Å². The molecule has 1 atom stereocenters. The van der Waals surface area contributed by atoms with Crippen molar-refractivity contribution in [1.82, 2.24) is 9.80 Å². The molecule has 6 nitrogen and oxygen atoms in total. The second-order valence-corrected chi connectivity index (χ2v) is 12.0. The zero-order valence-electron chi connectivity index (χ0n) is 23.2. The number of hydrogen-bond acceptors (Lipinski definition) is 6. The molecule has 1 unspecified atom stereocenters. The SMILES string of the molecule is C=CN=C(C)C(/C([B]OC(C)(C)C(C)(C)S)=C\C)=C(\C)N1CCN(C(=O)OC(C)(C)C)C(C)C1. The molecule has 0 aliphatic carbocycles. The van der Waals surface area contributed by atoms with Gasteiger partial charge in [-0.1, -0.05) is 12.7 Å². The average Bonchev–Trinajstić information content (AvgIpc) is 2.68. The molecule has 1 amide bonds. The lowest BCUT2D eigenvalue weighted by Gasteiger charge is -2.42. The summed E-state index contributed by atoms with van der Waals surface area (Å²) in [7, 11) is 1.80. The van der Waals surface area contributed by atoms with Gasteiger partial charge in [0.2, 0.25) is 0 Å². The highest BCUT2D eigenvalue weighted by molar-refractivity contribution is 7.81. The van der Waals surface area contributed by atoms with Crippen molar-refractivity contribution in [1.29, 1.82) is 0 Å². The Kier molecular flexibility index (Phi) is 10.6. The molecular formula is C26H45BN3O3S. The van der Waals surface area contributed by atoms with Crippen LogP contribution in [0.3, 0.4) is 0 Å². The Morgan fingerprint density at radius 1 is 1.15 bits per heavy atom. The van der Waals surface area contributed by atoms with Gasteiger partial charge in [-0.2, -0.15) is 12.6 Å². The molecule has 0 saturated carbocycles. The normalized spacial score (nSPS) is 19.6. The summed E-state index contributed by atoms with van der Waals surface area (Å²) in [5.41, 5.74) is 2.86. The number of carbonyl (C=O) groups excluding carboxylic acids is 1. The van der Waals surface area contributed by atoms with Crippen LogP contribution >= 0.6 is 12.6 Å². The maximum Gasteiger partial charge on any atom is 0.410 e. The summed E-state index contributed by atoms with van der Waals surface area (Å²) in [5.74, 6) is 0. The number of carbonyl (C=O) groups is 1. The fourth-order valence-corrected chi connectivity index (χ4v) is 3.57. The van der Waals surface area contributed by atoms with Gasteiger partial charge in [0, 0.05) is 53.6 Å². The van der Waals surface area contributed by atoms with Crippen molar-refractivity contribution in [2.75, 3.05) is 19.6 Å². The number of thiol groups is 1. The predicted molar refractivity (Wildman–Crippen MR) is 148 cm³/mol. The molecule has 191 valence electrons. The van der Waals surface area contributed by atoms with Crippen LogP contribution in [0.4, 0.5) is 4.79 Å². The third-order valence-electron chi connectivity index (χ3n) is 6.29. The van der Waals surface area contributed by atoms with Gasteiger partial charge in [0.15, 0.2) is 0 Å². The first kappa shape index (κ1) is 30.4. The minimum atomic E-state index is -0.513. The van der Waals surface area contributed by atoms with Gasteiger partial charge in [0.1, 0.15) is 5.60 Å². The van der Waals surface area contributed by atoms with Gasteiger partial charge >= 0.3 is 13.6 Å². The van der Waals surface area contributed by atoms with E-state index in [4.69, 9.17) is 22.0 Å². The second-order valence-electron chi connectivity index (χ2n) is 10.9. The van der Waals surface area contributed by atoms with Gasteiger partial charge in [-0.3, -0.25) is 4.99 Å². The number of ether oxygens (including phenoxy) is 1. The highest BCUT2D eigenvalue weighted by atomic mass is 32.1. The molecule has 1 saturated heterocycles. The van der Waals surface area contributed by atoms with Crippen molar-refractivity contribution >= 4 is 31.9 Å². The summed E-state index contributed by atoms with van der Waals surface area (Å²) in [6.07, 6.45) is 3.32. The van der Waals surface area contributed by atoms with E-state index in [1.165, 1.54) is 0 Å². The lowest BCUT2D eigenvalue weighted by Crippen LogP contribution is -2.54. The van der Waals surface area contributed by atoms with Crippen LogP contribution in [0, 0.1) is 0 Å². The van der Waals surface area contributed by atoms with Crippen LogP contribution in [0.25, 0.3) is 0 Å². The van der Waals surface area contributed by atoms with E-state index >= 15 is 0 Å². The Morgan fingerprint density at radius 3 is 2.18 bits per heavy atom. The van der Waals surface area contributed by atoms with Crippen molar-refractivity contribution in [2.45, 2.75) is 98.2 Å². The molecule has 34 heavy (non-hydrogen) atoms. The summed E-state index contributed by atoms with van der Waals surface area (Å²) in [6.45, 7) is 27.7. The first-order valence-corrected chi connectivity index (χ1v) is 12.4. The maximum absolute atomic E-state index is 12.6. The van der Waals surface area contributed by atoms with E-state index in [9.17, 15) is 4.79 Å². The van der Waals surface area contributed by atoms with Crippen LogP contribution in [0.2, 0.25) is 0 Å². The lowest BCUT2D eigenvalue weighted by molar-refractivity contribution is 0.00495. The monoisotopic (exact) mass is 490 g/mol. The molecule has 0 aromatic rings. The fourth-order valence-electron chi connectivity index (χ4n) is 3.52. The molecule has 1 aliphatic rings. The number of piperazine rings is 1. The molecule has 1 radical (unpaired) electrons. The minimum absolute atomic E-state index is 0.00893. The van der Waals surface area contributed by atoms with Gasteiger partial charge in [-0.05, 0) is 81.6 Å². The maximum atomic E-state index is 12.6. The van der Waals surface area contributed by atoms with E-state index in [0.717, 1.165) is 22.5 Å². The summed E-state index contributed by atoms with van der Waals surface area (Å²) in [6, 6.07) is 0.00893. The minimum Gasteiger partial charge on any atom is -0.444 e. The van der Waals surface area contributed by atoms with Crippen molar-refractivity contribution in [2.24, 2.45) is 4.99 Å². The van der Waals surface area contributed by atoms with Gasteiger partial charge in [0.05, 0.1) is 5.60 Å². The number of amides is 1. The Morgan fingerprint density at radius 2 is 1.74 bits per heavy atom. The standard InChI is InChI=1S/C26H45BN3O3S/c1-13-21(27-33-25(9,10)26(11,12)34)22(19(4)28-14-2)20(5)29-15-16-30(18(3)17-29)23(31)32-24(6,7)8/h13-14,18,34H,2,15-17H2,1,3-12H3/b21-13+,22-20-,28-19?. The van der Waals surface area contributed by atoms with Crippen molar-refractivity contribution < 1.29 is 14.2 Å². The predicted octanol–water partition coefficient (Wildman–Crippen LogP) is 5.83. The Balaban J connectivity index is 3.22. The zero-order valence-corrected chi connectivity index (χ0v) is 24.0. The van der Waals surface area contributed by atoms with E-state index in [1.807, 2.05) is 73.3 Å². The number of nitrogens with zero attached hydrogens (tertiary/aromatic N) is 3. The third-order valence-corrected chi connectivity index (χ3v) is 6.83. The molecule has 0 aromatic heterocycles. The number of aliphatic imine (C=N–C) groups is 1. The van der Waals surface area contributed by atoms with E-state index in [-0.39, 0.29) is 16.9 Å². The smallest absolute Gasteiger partial charge is 0.410 e. The van der Waals surface area contributed by atoms with Gasteiger partial charge < -0.3 is 19.2 Å². The summed E-state index contributed by atoms with van der Waals surface area (Å²) < 4.78 is 11.5. The topological polar surface area (TPSA) is 54.4 Å². The highest BCUT2D eigenvalue weighted by Gasteiger charge is 2.36. The average molecular weight is 491 g/mol. The number of allylic oxidation sites excluding steroid dienone is 4. The van der Waals surface area contributed by atoms with Gasteiger partial charge in [0.25, 0.3) is 0 Å². The Labute approximate surface area is 214 Å². The summed E-state index contributed by atoms with van der Waals surface area (Å²) in [4.78, 5) is 21.2. The number of hydrogen-bond donors (Lipinski definition) is 1. The summed E-state index contributed by atoms with van der Waals surface area (Å²) in [5, 5.41) is 0. The third kappa shape index (κ3) is 8.23. The fraction of sp³-hybridized carbons (Fsp3) is 0.692. The second kappa shape index (κ2) is 11.8. The quantitative estimate of drug-likeness (QED) is 0.201. The molecule has 1 fully saturated rings. The van der Waals surface area contributed by atoms with E-state index < -0.39 is 11.2 Å². The lowest BCUT2D eigenvalue weighted by atomic mass is 9.76. The molecule has 8 heteroatoms. The molecule has 1 rings (SSSR count). The van der Waals surface area contributed by atoms with Gasteiger partial charge in [-0.15, -0.1) is 0 Å². The molecule has 0 N–H and O–H groups in total. The molecule has 0 bridgehead atoms. The zero-order chi connectivity index (χ0) is 26.5.